The first-order valence-electron chi connectivity index (χ1n) is 8.94. The number of morpholine rings is 1. The molecule has 0 spiro atoms. The van der Waals surface area contributed by atoms with Crippen LogP contribution >= 0.6 is 0 Å². The molecule has 3 rings (SSSR count). The fourth-order valence-electron chi connectivity index (χ4n) is 2.68. The standard InChI is InChI=1S/C19H22N4O5/c1-14(28-19(25)22-15-6-3-2-4-7-15)17(24)23-10-11-26-16(12-23)13-27-18-20-8-5-9-21-18/h2-9,14,16H,10-13H2,1H3,(H,22,25). The second-order valence-electron chi connectivity index (χ2n) is 6.16. The Bertz CT molecular complexity index is 774. The molecule has 28 heavy (non-hydrogen) atoms. The largest absolute Gasteiger partial charge is 0.461 e. The van der Waals surface area contributed by atoms with Crippen LogP contribution in [0.25, 0.3) is 0 Å². The van der Waals surface area contributed by atoms with Gasteiger partial charge in [-0.2, -0.15) is 0 Å². The summed E-state index contributed by atoms with van der Waals surface area (Å²) < 4.78 is 16.3. The number of amides is 2. The molecule has 1 aromatic heterocycles. The minimum Gasteiger partial charge on any atom is -0.461 e. The third-order valence-electron chi connectivity index (χ3n) is 4.04. The fourth-order valence-corrected chi connectivity index (χ4v) is 2.68. The monoisotopic (exact) mass is 386 g/mol. The highest BCUT2D eigenvalue weighted by atomic mass is 16.6. The Morgan fingerprint density at radius 3 is 2.75 bits per heavy atom. The first kappa shape index (κ1) is 19.6. The van der Waals surface area contributed by atoms with E-state index in [1.54, 1.807) is 54.5 Å². The van der Waals surface area contributed by atoms with E-state index in [0.29, 0.717) is 25.4 Å². The van der Waals surface area contributed by atoms with Gasteiger partial charge in [0.05, 0.1) is 13.2 Å². The minimum absolute atomic E-state index is 0.220. The summed E-state index contributed by atoms with van der Waals surface area (Å²) in [6.45, 7) is 2.90. The molecule has 0 saturated carbocycles. The maximum absolute atomic E-state index is 12.6. The number of nitrogens with zero attached hydrogens (tertiary/aromatic N) is 3. The molecule has 0 aliphatic carbocycles. The van der Waals surface area contributed by atoms with Crippen molar-refractivity contribution in [1.29, 1.82) is 0 Å². The molecule has 2 unspecified atom stereocenters. The van der Waals surface area contributed by atoms with Gasteiger partial charge in [0.25, 0.3) is 5.91 Å². The van der Waals surface area contributed by atoms with E-state index in [4.69, 9.17) is 14.2 Å². The van der Waals surface area contributed by atoms with E-state index >= 15 is 0 Å². The van der Waals surface area contributed by atoms with E-state index in [1.807, 2.05) is 6.07 Å². The van der Waals surface area contributed by atoms with Crippen molar-refractivity contribution in [2.24, 2.45) is 0 Å². The molecule has 2 atom stereocenters. The lowest BCUT2D eigenvalue weighted by Crippen LogP contribution is -2.51. The number of para-hydroxylation sites is 1. The van der Waals surface area contributed by atoms with Gasteiger partial charge in [-0.05, 0) is 25.1 Å². The molecule has 148 valence electrons. The number of anilines is 1. The minimum atomic E-state index is -0.916. The number of ether oxygens (including phenoxy) is 3. The summed E-state index contributed by atoms with van der Waals surface area (Å²) >= 11 is 0. The molecule has 1 saturated heterocycles. The Morgan fingerprint density at radius 1 is 1.25 bits per heavy atom. The van der Waals surface area contributed by atoms with E-state index < -0.39 is 12.2 Å². The van der Waals surface area contributed by atoms with Gasteiger partial charge in [0.15, 0.2) is 6.10 Å². The van der Waals surface area contributed by atoms with Crippen molar-refractivity contribution >= 4 is 17.7 Å². The summed E-state index contributed by atoms with van der Waals surface area (Å²) in [6.07, 6.45) is 1.26. The second-order valence-corrected chi connectivity index (χ2v) is 6.16. The van der Waals surface area contributed by atoms with Crippen LogP contribution in [0.5, 0.6) is 6.01 Å². The lowest BCUT2D eigenvalue weighted by atomic mass is 10.2. The number of rotatable bonds is 6. The number of carbonyl (C=O) groups excluding carboxylic acids is 2. The average Bonchev–Trinajstić information content (AvgIpc) is 2.73. The highest BCUT2D eigenvalue weighted by Gasteiger charge is 2.29. The molecule has 1 aromatic carbocycles. The van der Waals surface area contributed by atoms with Crippen LogP contribution in [0.2, 0.25) is 0 Å². The highest BCUT2D eigenvalue weighted by molar-refractivity contribution is 5.88. The quantitative estimate of drug-likeness (QED) is 0.806. The number of nitrogens with one attached hydrogen (secondary N) is 1. The summed E-state index contributed by atoms with van der Waals surface area (Å²) in [4.78, 5) is 34.1. The molecule has 2 heterocycles. The Balaban J connectivity index is 1.46. The molecule has 1 N–H and O–H groups in total. The SMILES string of the molecule is CC(OC(=O)Nc1ccccc1)C(=O)N1CCOC(COc2ncccn2)C1. The van der Waals surface area contributed by atoms with E-state index in [-0.39, 0.29) is 24.6 Å². The van der Waals surface area contributed by atoms with Crippen molar-refractivity contribution in [1.82, 2.24) is 14.9 Å². The van der Waals surface area contributed by atoms with Gasteiger partial charge in [-0.25, -0.2) is 14.8 Å². The van der Waals surface area contributed by atoms with E-state index in [9.17, 15) is 9.59 Å². The lowest BCUT2D eigenvalue weighted by molar-refractivity contribution is -0.147. The molecule has 9 heteroatoms. The molecule has 9 nitrogen and oxygen atoms in total. The second kappa shape index (κ2) is 9.65. The Labute approximate surface area is 162 Å². The number of hydrogen-bond acceptors (Lipinski definition) is 7. The van der Waals surface area contributed by atoms with Crippen molar-refractivity contribution in [2.75, 3.05) is 31.6 Å². The van der Waals surface area contributed by atoms with Crippen LogP contribution in [-0.4, -0.2) is 65.4 Å². The third-order valence-corrected chi connectivity index (χ3v) is 4.04. The summed E-state index contributed by atoms with van der Waals surface area (Å²) in [5.41, 5.74) is 0.596. The van der Waals surface area contributed by atoms with Crippen molar-refractivity contribution in [3.8, 4) is 6.01 Å². The summed E-state index contributed by atoms with van der Waals surface area (Å²) in [5, 5.41) is 2.59. The zero-order valence-electron chi connectivity index (χ0n) is 15.5. The summed E-state index contributed by atoms with van der Waals surface area (Å²) in [5.74, 6) is -0.285. The zero-order chi connectivity index (χ0) is 19.8. The van der Waals surface area contributed by atoms with Gasteiger partial charge in [-0.1, -0.05) is 18.2 Å². The zero-order valence-corrected chi connectivity index (χ0v) is 15.5. The Morgan fingerprint density at radius 2 is 2.00 bits per heavy atom. The molecule has 1 aliphatic heterocycles. The molecule has 1 aliphatic rings. The van der Waals surface area contributed by atoms with Crippen LogP contribution in [0, 0.1) is 0 Å². The molecular weight excluding hydrogens is 364 g/mol. The van der Waals surface area contributed by atoms with Gasteiger partial charge in [-0.15, -0.1) is 0 Å². The van der Waals surface area contributed by atoms with Crippen LogP contribution in [0.1, 0.15) is 6.92 Å². The third kappa shape index (κ3) is 5.65. The van der Waals surface area contributed by atoms with Crippen LogP contribution in [0.4, 0.5) is 10.5 Å². The van der Waals surface area contributed by atoms with Gasteiger partial charge in [0.1, 0.15) is 12.7 Å². The number of hydrogen-bond donors (Lipinski definition) is 1. The highest BCUT2D eigenvalue weighted by Crippen LogP contribution is 2.11. The van der Waals surface area contributed by atoms with Crippen molar-refractivity contribution in [3.05, 3.63) is 48.8 Å². The predicted molar refractivity (Wildman–Crippen MR) is 99.9 cm³/mol. The lowest BCUT2D eigenvalue weighted by Gasteiger charge is -2.33. The maximum Gasteiger partial charge on any atom is 0.412 e. The molecule has 2 amide bonds. The molecule has 0 radical (unpaired) electrons. The molecule has 1 fully saturated rings. The predicted octanol–water partition coefficient (Wildman–Crippen LogP) is 1.72. The van der Waals surface area contributed by atoms with Crippen LogP contribution < -0.4 is 10.1 Å². The normalized spacial score (nSPS) is 17.5. The average molecular weight is 386 g/mol. The number of aromatic nitrogens is 2. The Kier molecular flexibility index (Phi) is 6.74. The van der Waals surface area contributed by atoms with Crippen LogP contribution in [-0.2, 0) is 14.3 Å². The number of carbonyl (C=O) groups is 2. The van der Waals surface area contributed by atoms with Crippen LogP contribution in [0.3, 0.4) is 0 Å². The van der Waals surface area contributed by atoms with Gasteiger partial charge in [0.2, 0.25) is 0 Å². The molecule has 0 bridgehead atoms. The van der Waals surface area contributed by atoms with E-state index in [1.165, 1.54) is 0 Å². The summed E-state index contributed by atoms with van der Waals surface area (Å²) in [7, 11) is 0. The van der Waals surface area contributed by atoms with Crippen LogP contribution in [0.15, 0.2) is 48.8 Å². The topological polar surface area (TPSA) is 103 Å². The van der Waals surface area contributed by atoms with Gasteiger partial charge >= 0.3 is 12.1 Å². The maximum atomic E-state index is 12.6. The van der Waals surface area contributed by atoms with Crippen molar-refractivity contribution in [3.63, 3.8) is 0 Å². The van der Waals surface area contributed by atoms with Gasteiger partial charge in [0, 0.05) is 24.6 Å². The fraction of sp³-hybridized carbons (Fsp3) is 0.368. The molecular formula is C19H22N4O5. The van der Waals surface area contributed by atoms with Crippen molar-refractivity contribution < 1.29 is 23.8 Å². The molecule has 2 aromatic rings. The first-order chi connectivity index (χ1) is 13.6. The van der Waals surface area contributed by atoms with E-state index in [2.05, 4.69) is 15.3 Å². The summed E-state index contributed by atoms with van der Waals surface area (Å²) in [6, 6.07) is 10.8. The van der Waals surface area contributed by atoms with Gasteiger partial charge < -0.3 is 19.1 Å². The van der Waals surface area contributed by atoms with Crippen molar-refractivity contribution in [2.45, 2.75) is 19.1 Å². The number of benzene rings is 1. The smallest absolute Gasteiger partial charge is 0.412 e. The first-order valence-corrected chi connectivity index (χ1v) is 8.94. The Hall–Kier alpha value is -3.20. The van der Waals surface area contributed by atoms with Gasteiger partial charge in [-0.3, -0.25) is 10.1 Å². The van der Waals surface area contributed by atoms with E-state index in [0.717, 1.165) is 0 Å².